The van der Waals surface area contributed by atoms with E-state index in [-0.39, 0.29) is 29.9 Å². The highest BCUT2D eigenvalue weighted by atomic mass is 16.5. The highest BCUT2D eigenvalue weighted by Crippen LogP contribution is 2.43. The molecule has 1 N–H and O–H groups in total. The van der Waals surface area contributed by atoms with E-state index in [1.807, 2.05) is 29.2 Å². The quantitative estimate of drug-likeness (QED) is 0.539. The van der Waals surface area contributed by atoms with Gasteiger partial charge in [-0.3, -0.25) is 19.7 Å². The van der Waals surface area contributed by atoms with Gasteiger partial charge in [-0.1, -0.05) is 18.2 Å². The number of hydrogen-bond acceptors (Lipinski definition) is 7. The normalized spacial score (nSPS) is 22.2. The maximum Gasteiger partial charge on any atom is 0.249 e. The number of nitrogens with zero attached hydrogens (tertiary/aromatic N) is 3. The molecule has 0 aliphatic carbocycles. The van der Waals surface area contributed by atoms with Crippen LogP contribution in [-0.2, 0) is 14.4 Å². The molecule has 0 saturated carbocycles. The zero-order valence-electron chi connectivity index (χ0n) is 23.8. The Morgan fingerprint density at radius 2 is 1.71 bits per heavy atom. The SMILES string of the molecule is Cc1cccc(OC2CCN(C(=O)CC3CCN(c4cccc5c4OCCN5C4CCC(=O)NC4=O)CC3)CC2)c1. The number of amides is 3. The summed E-state index contributed by atoms with van der Waals surface area (Å²) in [5.74, 6) is 1.93. The fourth-order valence-electron chi connectivity index (χ4n) is 6.66. The molecule has 2 aromatic carbocycles. The van der Waals surface area contributed by atoms with Crippen LogP contribution in [0.4, 0.5) is 11.4 Å². The average Bonchev–Trinajstić information content (AvgIpc) is 2.97. The first-order valence-electron chi connectivity index (χ1n) is 15.1. The molecule has 41 heavy (non-hydrogen) atoms. The number of aryl methyl sites for hydroxylation is 1. The van der Waals surface area contributed by atoms with Crippen LogP contribution in [0.2, 0.25) is 0 Å². The number of carbonyl (C=O) groups excluding carboxylic acids is 3. The van der Waals surface area contributed by atoms with E-state index in [0.717, 1.165) is 74.7 Å². The Morgan fingerprint density at radius 3 is 2.46 bits per heavy atom. The molecule has 3 fully saturated rings. The molecule has 6 rings (SSSR count). The molecule has 0 radical (unpaired) electrons. The summed E-state index contributed by atoms with van der Waals surface area (Å²) in [7, 11) is 0. The molecule has 4 heterocycles. The second-order valence-electron chi connectivity index (χ2n) is 11.8. The van der Waals surface area contributed by atoms with Crippen molar-refractivity contribution in [1.29, 1.82) is 0 Å². The summed E-state index contributed by atoms with van der Waals surface area (Å²) >= 11 is 0. The summed E-state index contributed by atoms with van der Waals surface area (Å²) in [4.78, 5) is 43.8. The van der Waals surface area contributed by atoms with Gasteiger partial charge in [-0.15, -0.1) is 0 Å². The van der Waals surface area contributed by atoms with Crippen LogP contribution in [0.15, 0.2) is 42.5 Å². The topological polar surface area (TPSA) is 91.4 Å². The van der Waals surface area contributed by atoms with Gasteiger partial charge in [0.15, 0.2) is 5.75 Å². The van der Waals surface area contributed by atoms with E-state index >= 15 is 0 Å². The second kappa shape index (κ2) is 12.0. The number of piperidine rings is 3. The van der Waals surface area contributed by atoms with Gasteiger partial charge in [0, 0.05) is 51.9 Å². The van der Waals surface area contributed by atoms with Crippen molar-refractivity contribution in [3.05, 3.63) is 48.0 Å². The van der Waals surface area contributed by atoms with Crippen molar-refractivity contribution in [2.75, 3.05) is 49.1 Å². The molecule has 4 aliphatic rings. The van der Waals surface area contributed by atoms with Gasteiger partial charge in [0.05, 0.1) is 17.9 Å². The first-order chi connectivity index (χ1) is 19.9. The van der Waals surface area contributed by atoms with Crippen LogP contribution in [-0.4, -0.2) is 74.1 Å². The van der Waals surface area contributed by atoms with Gasteiger partial charge in [0.25, 0.3) is 0 Å². The standard InChI is InChI=1S/C32H40N4O5/c1-22-4-2-5-25(20-22)41-24-12-16-35(17-13-24)30(38)21-23-10-14-34(15-11-23)26-6-3-7-27-31(26)40-19-18-36(27)28-8-9-29(37)33-32(28)39/h2-7,20,23-24,28H,8-19,21H2,1H3,(H,33,37,39). The summed E-state index contributed by atoms with van der Waals surface area (Å²) < 4.78 is 12.3. The predicted octanol–water partition coefficient (Wildman–Crippen LogP) is 3.68. The molecule has 9 heteroatoms. The third kappa shape index (κ3) is 6.14. The van der Waals surface area contributed by atoms with Gasteiger partial charge in [0.1, 0.15) is 24.5 Å². The van der Waals surface area contributed by atoms with Crippen LogP contribution in [0.3, 0.4) is 0 Å². The number of likely N-dealkylation sites (tertiary alicyclic amines) is 1. The molecule has 4 aliphatic heterocycles. The smallest absolute Gasteiger partial charge is 0.249 e. The summed E-state index contributed by atoms with van der Waals surface area (Å²) in [6, 6.07) is 13.9. The van der Waals surface area contributed by atoms with Gasteiger partial charge >= 0.3 is 0 Å². The minimum absolute atomic E-state index is 0.161. The van der Waals surface area contributed by atoms with Gasteiger partial charge < -0.3 is 24.2 Å². The summed E-state index contributed by atoms with van der Waals surface area (Å²) in [5.41, 5.74) is 3.14. The molecule has 1 unspecified atom stereocenters. The zero-order valence-corrected chi connectivity index (χ0v) is 23.8. The molecule has 0 spiro atoms. The molecular weight excluding hydrogens is 520 g/mol. The Kier molecular flexibility index (Phi) is 8.03. The van der Waals surface area contributed by atoms with Crippen molar-refractivity contribution in [2.45, 2.75) is 64.0 Å². The molecule has 218 valence electrons. The fraction of sp³-hybridized carbons (Fsp3) is 0.531. The molecule has 3 amide bonds. The van der Waals surface area contributed by atoms with Gasteiger partial charge in [-0.05, 0) is 61.9 Å². The monoisotopic (exact) mass is 560 g/mol. The van der Waals surface area contributed by atoms with E-state index in [9.17, 15) is 14.4 Å². The average molecular weight is 561 g/mol. The minimum atomic E-state index is -0.360. The van der Waals surface area contributed by atoms with Gasteiger partial charge in [0.2, 0.25) is 17.7 Å². The largest absolute Gasteiger partial charge is 0.490 e. The Bertz CT molecular complexity index is 1280. The predicted molar refractivity (Wildman–Crippen MR) is 156 cm³/mol. The third-order valence-corrected chi connectivity index (χ3v) is 8.95. The van der Waals surface area contributed by atoms with E-state index in [1.54, 1.807) is 0 Å². The lowest BCUT2D eigenvalue weighted by Crippen LogP contribution is -2.54. The van der Waals surface area contributed by atoms with Crippen LogP contribution < -0.4 is 24.6 Å². The van der Waals surface area contributed by atoms with Crippen LogP contribution in [0.5, 0.6) is 11.5 Å². The number of anilines is 2. The molecular formula is C32H40N4O5. The molecule has 2 aromatic rings. The minimum Gasteiger partial charge on any atom is -0.490 e. The number of para-hydroxylation sites is 1. The molecule has 3 saturated heterocycles. The molecule has 9 nitrogen and oxygen atoms in total. The first-order valence-corrected chi connectivity index (χ1v) is 15.1. The Balaban J connectivity index is 1.01. The van der Waals surface area contributed by atoms with Crippen LogP contribution in [0, 0.1) is 12.8 Å². The highest BCUT2D eigenvalue weighted by molar-refractivity contribution is 6.02. The fourth-order valence-corrected chi connectivity index (χ4v) is 6.66. The van der Waals surface area contributed by atoms with E-state index in [2.05, 4.69) is 40.2 Å². The number of imide groups is 1. The van der Waals surface area contributed by atoms with Crippen molar-refractivity contribution in [2.24, 2.45) is 5.92 Å². The molecule has 0 bridgehead atoms. The Labute approximate surface area is 241 Å². The van der Waals surface area contributed by atoms with Crippen LogP contribution in [0.25, 0.3) is 0 Å². The number of hydrogen-bond donors (Lipinski definition) is 1. The maximum absolute atomic E-state index is 13.1. The highest BCUT2D eigenvalue weighted by Gasteiger charge is 2.36. The third-order valence-electron chi connectivity index (χ3n) is 8.95. The Hall–Kier alpha value is -3.75. The van der Waals surface area contributed by atoms with Crippen LogP contribution in [0.1, 0.15) is 50.5 Å². The lowest BCUT2D eigenvalue weighted by Gasteiger charge is -2.41. The Morgan fingerprint density at radius 1 is 0.951 bits per heavy atom. The van der Waals surface area contributed by atoms with Crippen molar-refractivity contribution in [3.8, 4) is 11.5 Å². The lowest BCUT2D eigenvalue weighted by atomic mass is 9.92. The number of rotatable bonds is 6. The maximum atomic E-state index is 13.1. The second-order valence-corrected chi connectivity index (χ2v) is 11.8. The molecule has 1 atom stereocenters. The van der Waals surface area contributed by atoms with Gasteiger partial charge in [-0.2, -0.15) is 0 Å². The first kappa shape index (κ1) is 27.4. The molecule has 0 aromatic heterocycles. The van der Waals surface area contributed by atoms with Gasteiger partial charge in [-0.25, -0.2) is 0 Å². The van der Waals surface area contributed by atoms with Crippen molar-refractivity contribution in [3.63, 3.8) is 0 Å². The number of ether oxygens (including phenoxy) is 2. The number of benzene rings is 2. The van der Waals surface area contributed by atoms with E-state index < -0.39 is 0 Å². The number of carbonyl (C=O) groups is 3. The number of fused-ring (bicyclic) bond motifs is 1. The van der Waals surface area contributed by atoms with Crippen LogP contribution >= 0.6 is 0 Å². The lowest BCUT2D eigenvalue weighted by molar-refractivity contribution is -0.135. The van der Waals surface area contributed by atoms with E-state index in [0.29, 0.717) is 38.3 Å². The summed E-state index contributed by atoms with van der Waals surface area (Å²) in [5, 5.41) is 2.49. The summed E-state index contributed by atoms with van der Waals surface area (Å²) in [6.45, 7) is 6.42. The van der Waals surface area contributed by atoms with Crippen molar-refractivity contribution < 1.29 is 23.9 Å². The van der Waals surface area contributed by atoms with Crippen molar-refractivity contribution >= 4 is 29.1 Å². The van der Waals surface area contributed by atoms with Crippen molar-refractivity contribution in [1.82, 2.24) is 10.2 Å². The van der Waals surface area contributed by atoms with E-state index in [4.69, 9.17) is 9.47 Å². The van der Waals surface area contributed by atoms with E-state index in [1.165, 1.54) is 5.56 Å². The summed E-state index contributed by atoms with van der Waals surface area (Å²) in [6.07, 6.45) is 5.29. The number of nitrogens with one attached hydrogen (secondary N) is 1. The zero-order chi connectivity index (χ0) is 28.3.